The highest BCUT2D eigenvalue weighted by molar-refractivity contribution is 5.89. The zero-order chi connectivity index (χ0) is 18.4. The summed E-state index contributed by atoms with van der Waals surface area (Å²) in [5, 5.41) is 11.4. The predicted octanol–water partition coefficient (Wildman–Crippen LogP) is 2.30. The van der Waals surface area contributed by atoms with E-state index >= 15 is 0 Å². The van der Waals surface area contributed by atoms with Gasteiger partial charge in [-0.1, -0.05) is 0 Å². The van der Waals surface area contributed by atoms with Crippen molar-refractivity contribution in [3.63, 3.8) is 0 Å². The molecule has 1 aliphatic carbocycles. The molecular weight excluding hydrogens is 349 g/mol. The highest BCUT2D eigenvalue weighted by Gasteiger charge is 2.49. The molecule has 140 valence electrons. The molecule has 0 aromatic carbocycles. The second-order valence-electron chi connectivity index (χ2n) is 6.51. The first-order valence-corrected chi connectivity index (χ1v) is 7.83. The average Bonchev–Trinajstić information content (AvgIpc) is 2.69. The second kappa shape index (κ2) is 6.11. The first kappa shape index (κ1) is 17.9. The van der Waals surface area contributed by atoms with E-state index in [0.717, 1.165) is 0 Å². The minimum Gasteiger partial charge on any atom is -0.329 e. The summed E-state index contributed by atoms with van der Waals surface area (Å²) < 4.78 is 64.3. The van der Waals surface area contributed by atoms with E-state index in [1.54, 1.807) is 5.32 Å². The van der Waals surface area contributed by atoms with Crippen LogP contribution >= 0.6 is 0 Å². The van der Waals surface area contributed by atoms with Gasteiger partial charge in [0.25, 0.3) is 0 Å². The third kappa shape index (κ3) is 3.86. The van der Waals surface area contributed by atoms with Gasteiger partial charge in [0.1, 0.15) is 12.4 Å². The Hall–Kier alpha value is -1.91. The Morgan fingerprint density at radius 3 is 2.44 bits per heavy atom. The molecule has 2 fully saturated rings. The van der Waals surface area contributed by atoms with Crippen molar-refractivity contribution in [3.8, 4) is 0 Å². The van der Waals surface area contributed by atoms with E-state index in [0.29, 0.717) is 24.3 Å². The van der Waals surface area contributed by atoms with Gasteiger partial charge in [0.05, 0.1) is 5.69 Å². The second-order valence-corrected chi connectivity index (χ2v) is 6.51. The monoisotopic (exact) mass is 367 g/mol. The number of nitrogens with zero attached hydrogens (tertiary/aromatic N) is 2. The van der Waals surface area contributed by atoms with E-state index in [2.05, 4.69) is 15.7 Å². The van der Waals surface area contributed by atoms with E-state index in [1.807, 2.05) is 0 Å². The van der Waals surface area contributed by atoms with E-state index in [4.69, 9.17) is 0 Å². The number of hydrogen-bond acceptors (Lipinski definition) is 3. The van der Waals surface area contributed by atoms with Crippen LogP contribution in [0, 0.1) is 0 Å². The molecule has 1 saturated carbocycles. The maximum absolute atomic E-state index is 13.2. The Kier molecular flexibility index (Phi) is 4.38. The largest absolute Gasteiger partial charge is 0.405 e. The summed E-state index contributed by atoms with van der Waals surface area (Å²) in [7, 11) is 1.52. The van der Waals surface area contributed by atoms with Crippen LogP contribution in [-0.2, 0) is 7.05 Å². The van der Waals surface area contributed by atoms with Crippen LogP contribution in [0.1, 0.15) is 35.9 Å². The van der Waals surface area contributed by atoms with Gasteiger partial charge in [-0.2, -0.15) is 18.3 Å². The summed E-state index contributed by atoms with van der Waals surface area (Å²) >= 11 is 0. The van der Waals surface area contributed by atoms with Gasteiger partial charge in [-0.25, -0.2) is 13.6 Å². The highest BCUT2D eigenvalue weighted by atomic mass is 19.4. The van der Waals surface area contributed by atoms with Crippen molar-refractivity contribution in [2.45, 2.75) is 36.8 Å². The lowest BCUT2D eigenvalue weighted by molar-refractivity contribution is -0.122. The molecule has 1 aliphatic heterocycles. The molecule has 0 atom stereocenters. The number of hydrogen-bond donors (Lipinski definition) is 3. The molecule has 0 spiro atoms. The van der Waals surface area contributed by atoms with Crippen molar-refractivity contribution in [1.82, 2.24) is 20.4 Å². The molecule has 2 amide bonds. The highest BCUT2D eigenvalue weighted by Crippen LogP contribution is 2.50. The first-order valence-electron chi connectivity index (χ1n) is 7.83. The lowest BCUT2D eigenvalue weighted by Crippen LogP contribution is -2.42. The van der Waals surface area contributed by atoms with Crippen LogP contribution in [-0.4, -0.2) is 47.5 Å². The molecule has 11 heteroatoms. The van der Waals surface area contributed by atoms with E-state index < -0.39 is 30.6 Å². The van der Waals surface area contributed by atoms with Crippen molar-refractivity contribution < 1.29 is 26.7 Å². The van der Waals surface area contributed by atoms with Gasteiger partial charge in [-0.05, 0) is 0 Å². The molecular formula is C14H18F5N5O. The number of halogens is 5. The van der Waals surface area contributed by atoms with Crippen molar-refractivity contribution in [2.75, 3.05) is 25.0 Å². The minimum absolute atomic E-state index is 0.0177. The summed E-state index contributed by atoms with van der Waals surface area (Å²) in [5.74, 6) is -2.90. The molecule has 3 N–H and O–H groups in total. The van der Waals surface area contributed by atoms with Crippen molar-refractivity contribution in [3.05, 3.63) is 11.3 Å². The molecule has 3 rings (SSSR count). The molecule has 2 heterocycles. The average molecular weight is 367 g/mol. The van der Waals surface area contributed by atoms with E-state index in [-0.39, 0.29) is 24.6 Å². The number of aromatic nitrogens is 2. The molecule has 0 bridgehead atoms. The lowest BCUT2D eigenvalue weighted by Gasteiger charge is -2.36. The summed E-state index contributed by atoms with van der Waals surface area (Å²) in [4.78, 5) is 11.8. The number of aryl methyl sites for hydroxylation is 1. The van der Waals surface area contributed by atoms with Gasteiger partial charge in [0.15, 0.2) is 0 Å². The molecule has 1 saturated heterocycles. The third-order valence-corrected chi connectivity index (χ3v) is 4.46. The fourth-order valence-corrected chi connectivity index (χ4v) is 3.09. The Bertz CT molecular complexity index is 659. The Balaban J connectivity index is 1.78. The smallest absolute Gasteiger partial charge is 0.329 e. The van der Waals surface area contributed by atoms with Gasteiger partial charge in [0, 0.05) is 50.4 Å². The molecule has 0 unspecified atom stereocenters. The number of carbonyl (C=O) groups excluding carboxylic acids is 1. The number of carbonyl (C=O) groups is 1. The van der Waals surface area contributed by atoms with Gasteiger partial charge < -0.3 is 10.6 Å². The van der Waals surface area contributed by atoms with Crippen LogP contribution in [0.25, 0.3) is 0 Å². The fraction of sp³-hybridized carbons (Fsp3) is 0.714. The van der Waals surface area contributed by atoms with Crippen LogP contribution in [0.5, 0.6) is 0 Å². The van der Waals surface area contributed by atoms with Gasteiger partial charge in [0.2, 0.25) is 5.92 Å². The molecule has 1 aromatic heterocycles. The topological polar surface area (TPSA) is 71.0 Å². The minimum atomic E-state index is -4.52. The summed E-state index contributed by atoms with van der Waals surface area (Å²) in [5.41, 5.74) is 1.12. The van der Waals surface area contributed by atoms with Gasteiger partial charge >= 0.3 is 12.2 Å². The van der Waals surface area contributed by atoms with Gasteiger partial charge in [-0.15, -0.1) is 0 Å². The lowest BCUT2D eigenvalue weighted by atomic mass is 9.76. The summed E-state index contributed by atoms with van der Waals surface area (Å²) in [6.07, 6.45) is -5.14. The molecule has 1 aromatic rings. The number of nitrogens with one attached hydrogen (secondary N) is 3. The standard InChI is InChI=1S/C14H18F5N5O/c1-24-11(22-12(25)21-6-14(17,18)19)9(8-4-20-5-8)10(23-24)7-2-13(15,16)3-7/h7-8,20H,2-6H2,1H3,(H2,21,22,25). The zero-order valence-electron chi connectivity index (χ0n) is 13.4. The van der Waals surface area contributed by atoms with Crippen LogP contribution < -0.4 is 16.0 Å². The van der Waals surface area contributed by atoms with Crippen LogP contribution in [0.3, 0.4) is 0 Å². The number of alkyl halides is 5. The summed E-state index contributed by atoms with van der Waals surface area (Å²) in [6, 6.07) is -1.01. The molecule has 0 radical (unpaired) electrons. The SMILES string of the molecule is Cn1nc(C2CC(F)(F)C2)c(C2CNC2)c1NC(=O)NCC(F)(F)F. The molecule has 2 aliphatic rings. The van der Waals surface area contributed by atoms with Crippen molar-refractivity contribution >= 4 is 11.8 Å². The number of anilines is 1. The fourth-order valence-electron chi connectivity index (χ4n) is 3.09. The van der Waals surface area contributed by atoms with Crippen molar-refractivity contribution in [2.24, 2.45) is 7.05 Å². The van der Waals surface area contributed by atoms with Gasteiger partial charge in [-0.3, -0.25) is 10.00 Å². The normalized spacial score (nSPS) is 20.7. The van der Waals surface area contributed by atoms with Crippen LogP contribution in [0.15, 0.2) is 0 Å². The van der Waals surface area contributed by atoms with Crippen LogP contribution in [0.4, 0.5) is 32.6 Å². The third-order valence-electron chi connectivity index (χ3n) is 4.46. The van der Waals surface area contributed by atoms with Crippen LogP contribution in [0.2, 0.25) is 0 Å². The van der Waals surface area contributed by atoms with Crippen molar-refractivity contribution in [1.29, 1.82) is 0 Å². The maximum atomic E-state index is 13.2. The zero-order valence-corrected chi connectivity index (χ0v) is 13.4. The molecule has 6 nitrogen and oxygen atoms in total. The Morgan fingerprint density at radius 2 is 1.96 bits per heavy atom. The predicted molar refractivity (Wildman–Crippen MR) is 78.8 cm³/mol. The number of urea groups is 1. The first-order chi connectivity index (χ1) is 11.6. The maximum Gasteiger partial charge on any atom is 0.405 e. The Morgan fingerprint density at radius 1 is 1.32 bits per heavy atom. The molecule has 25 heavy (non-hydrogen) atoms. The number of rotatable bonds is 4. The van der Waals surface area contributed by atoms with E-state index in [1.165, 1.54) is 11.7 Å². The summed E-state index contributed by atoms with van der Waals surface area (Å²) in [6.45, 7) is -0.264. The Labute approximate surface area is 140 Å². The van der Waals surface area contributed by atoms with E-state index in [9.17, 15) is 26.7 Å². The quantitative estimate of drug-likeness (QED) is 0.716. The number of amides is 2.